The van der Waals surface area contributed by atoms with E-state index in [2.05, 4.69) is 4.74 Å². The molecule has 0 spiro atoms. The highest BCUT2D eigenvalue weighted by atomic mass is 16.5. The van der Waals surface area contributed by atoms with Crippen molar-refractivity contribution >= 4 is 11.9 Å². The van der Waals surface area contributed by atoms with Crippen LogP contribution in [0.5, 0.6) is 0 Å². The van der Waals surface area contributed by atoms with Gasteiger partial charge in [0.05, 0.1) is 18.6 Å². The second-order valence-corrected chi connectivity index (χ2v) is 4.80. The van der Waals surface area contributed by atoms with Crippen molar-refractivity contribution < 1.29 is 19.1 Å². The smallest absolute Gasteiger partial charge is 0.311 e. The zero-order valence-corrected chi connectivity index (χ0v) is 10.1. The van der Waals surface area contributed by atoms with Gasteiger partial charge in [0.1, 0.15) is 0 Å². The maximum Gasteiger partial charge on any atom is 0.311 e. The van der Waals surface area contributed by atoms with Crippen LogP contribution in [0.3, 0.4) is 0 Å². The number of cyclic esters (lactones) is 2. The van der Waals surface area contributed by atoms with Crippen molar-refractivity contribution in [1.29, 1.82) is 0 Å². The van der Waals surface area contributed by atoms with Crippen LogP contribution in [0.4, 0.5) is 0 Å². The Labute approximate surface area is 96.3 Å². The summed E-state index contributed by atoms with van der Waals surface area (Å²) in [5.74, 6) is -0.0833. The minimum Gasteiger partial charge on any atom is -0.466 e. The fourth-order valence-electron chi connectivity index (χ4n) is 1.61. The van der Waals surface area contributed by atoms with Crippen LogP contribution >= 0.6 is 0 Å². The molecule has 0 aromatic carbocycles. The first-order valence-corrected chi connectivity index (χ1v) is 5.85. The summed E-state index contributed by atoms with van der Waals surface area (Å²) < 4.78 is 9.49. The van der Waals surface area contributed by atoms with E-state index in [0.717, 1.165) is 25.7 Å². The molecule has 0 aromatic heterocycles. The van der Waals surface area contributed by atoms with Crippen LogP contribution in [0.25, 0.3) is 0 Å². The molecular formula is C12H20O4. The molecule has 4 nitrogen and oxygen atoms in total. The third-order valence-corrected chi connectivity index (χ3v) is 2.77. The van der Waals surface area contributed by atoms with Crippen LogP contribution in [0.2, 0.25) is 0 Å². The molecule has 0 aromatic rings. The lowest BCUT2D eigenvalue weighted by molar-refractivity contribution is -0.159. The van der Waals surface area contributed by atoms with E-state index < -0.39 is 0 Å². The van der Waals surface area contributed by atoms with Crippen molar-refractivity contribution in [3.8, 4) is 0 Å². The zero-order valence-electron chi connectivity index (χ0n) is 10.1. The molecule has 2 saturated heterocycles. The summed E-state index contributed by atoms with van der Waals surface area (Å²) >= 11 is 0. The van der Waals surface area contributed by atoms with E-state index >= 15 is 0 Å². The van der Waals surface area contributed by atoms with E-state index in [-0.39, 0.29) is 17.4 Å². The molecule has 0 radical (unpaired) electrons. The Morgan fingerprint density at radius 3 is 2.00 bits per heavy atom. The molecule has 16 heavy (non-hydrogen) atoms. The van der Waals surface area contributed by atoms with E-state index in [1.807, 2.05) is 13.8 Å². The lowest BCUT2D eigenvalue weighted by atomic mass is 9.87. The normalized spacial score (nSPS) is 23.6. The van der Waals surface area contributed by atoms with E-state index in [0.29, 0.717) is 19.6 Å². The number of rotatable bonds is 0. The number of ether oxygens (including phenoxy) is 2. The van der Waals surface area contributed by atoms with Crippen molar-refractivity contribution in [2.75, 3.05) is 13.2 Å². The maximum atomic E-state index is 10.9. The quantitative estimate of drug-likeness (QED) is 0.595. The summed E-state index contributed by atoms with van der Waals surface area (Å²) in [5.41, 5.74) is -0.224. The molecule has 4 heteroatoms. The Morgan fingerprint density at radius 2 is 1.69 bits per heavy atom. The maximum absolute atomic E-state index is 10.9. The number of esters is 2. The Balaban J connectivity index is 0.000000165. The van der Waals surface area contributed by atoms with Gasteiger partial charge in [-0.3, -0.25) is 9.59 Å². The first-order chi connectivity index (χ1) is 7.52. The third-order valence-electron chi connectivity index (χ3n) is 2.77. The van der Waals surface area contributed by atoms with Crippen LogP contribution in [0.1, 0.15) is 46.0 Å². The van der Waals surface area contributed by atoms with Gasteiger partial charge in [0, 0.05) is 6.42 Å². The molecule has 92 valence electrons. The Morgan fingerprint density at radius 1 is 1.00 bits per heavy atom. The molecule has 0 amide bonds. The minimum absolute atomic E-state index is 0.0359. The summed E-state index contributed by atoms with van der Waals surface area (Å²) in [4.78, 5) is 21.1. The second kappa shape index (κ2) is 5.87. The standard InChI is InChI=1S/C7H12O2.C5H8O2/c1-7(2)4-3-5-9-6(7)8;6-5-3-1-2-4-7-5/h3-5H2,1-2H3;1-4H2. The van der Waals surface area contributed by atoms with Gasteiger partial charge < -0.3 is 9.47 Å². The first-order valence-electron chi connectivity index (χ1n) is 5.85. The number of hydrogen-bond donors (Lipinski definition) is 0. The van der Waals surface area contributed by atoms with Gasteiger partial charge in [0.2, 0.25) is 0 Å². The highest BCUT2D eigenvalue weighted by Crippen LogP contribution is 2.27. The van der Waals surface area contributed by atoms with E-state index in [1.54, 1.807) is 0 Å². The molecule has 0 bridgehead atoms. The molecule has 0 saturated carbocycles. The zero-order chi connectivity index (χ0) is 12.0. The largest absolute Gasteiger partial charge is 0.466 e. The lowest BCUT2D eigenvalue weighted by Gasteiger charge is -2.26. The van der Waals surface area contributed by atoms with Crippen molar-refractivity contribution in [2.45, 2.75) is 46.0 Å². The van der Waals surface area contributed by atoms with Crippen molar-refractivity contribution in [2.24, 2.45) is 5.41 Å². The van der Waals surface area contributed by atoms with Crippen LogP contribution < -0.4 is 0 Å². The highest BCUT2D eigenvalue weighted by molar-refractivity contribution is 5.76. The van der Waals surface area contributed by atoms with Crippen LogP contribution in [-0.2, 0) is 19.1 Å². The molecule has 0 atom stereocenters. The third kappa shape index (κ3) is 4.21. The molecular weight excluding hydrogens is 208 g/mol. The average molecular weight is 228 g/mol. The number of hydrogen-bond acceptors (Lipinski definition) is 4. The monoisotopic (exact) mass is 228 g/mol. The fourth-order valence-corrected chi connectivity index (χ4v) is 1.61. The number of carbonyl (C=O) groups is 2. The van der Waals surface area contributed by atoms with Gasteiger partial charge in [-0.15, -0.1) is 0 Å². The molecule has 2 fully saturated rings. The van der Waals surface area contributed by atoms with Crippen LogP contribution in [0, 0.1) is 5.41 Å². The van der Waals surface area contributed by atoms with E-state index in [4.69, 9.17) is 4.74 Å². The number of carbonyl (C=O) groups excluding carboxylic acids is 2. The molecule has 2 rings (SSSR count). The van der Waals surface area contributed by atoms with Gasteiger partial charge in [0.25, 0.3) is 0 Å². The summed E-state index contributed by atoms with van der Waals surface area (Å²) in [5, 5.41) is 0. The predicted octanol–water partition coefficient (Wildman–Crippen LogP) is 2.06. The van der Waals surface area contributed by atoms with Gasteiger partial charge in [-0.25, -0.2) is 0 Å². The van der Waals surface area contributed by atoms with Crippen LogP contribution in [0.15, 0.2) is 0 Å². The SMILES string of the molecule is CC1(C)CCCOC1=O.O=C1CCCCO1. The van der Waals surface area contributed by atoms with Gasteiger partial charge >= 0.3 is 11.9 Å². The van der Waals surface area contributed by atoms with Crippen molar-refractivity contribution in [1.82, 2.24) is 0 Å². The van der Waals surface area contributed by atoms with Gasteiger partial charge in [-0.1, -0.05) is 0 Å². The highest BCUT2D eigenvalue weighted by Gasteiger charge is 2.31. The lowest BCUT2D eigenvalue weighted by Crippen LogP contribution is -2.31. The summed E-state index contributed by atoms with van der Waals surface area (Å²) in [6.07, 6.45) is 4.66. The Kier molecular flexibility index (Phi) is 4.77. The molecule has 2 aliphatic heterocycles. The molecule has 0 unspecified atom stereocenters. The van der Waals surface area contributed by atoms with Gasteiger partial charge in [-0.05, 0) is 39.5 Å². The van der Waals surface area contributed by atoms with Crippen molar-refractivity contribution in [3.05, 3.63) is 0 Å². The molecule has 0 aliphatic carbocycles. The molecule has 2 aliphatic rings. The van der Waals surface area contributed by atoms with Crippen LogP contribution in [-0.4, -0.2) is 25.2 Å². The summed E-state index contributed by atoms with van der Waals surface area (Å²) in [6.45, 7) is 5.10. The van der Waals surface area contributed by atoms with Gasteiger partial charge in [-0.2, -0.15) is 0 Å². The fraction of sp³-hybridized carbons (Fsp3) is 0.833. The van der Waals surface area contributed by atoms with Gasteiger partial charge in [0.15, 0.2) is 0 Å². The average Bonchev–Trinajstić information content (AvgIpc) is 2.24. The second-order valence-electron chi connectivity index (χ2n) is 4.80. The Bertz CT molecular complexity index is 250. The topological polar surface area (TPSA) is 52.6 Å². The van der Waals surface area contributed by atoms with E-state index in [9.17, 15) is 9.59 Å². The molecule has 0 N–H and O–H groups in total. The summed E-state index contributed by atoms with van der Waals surface area (Å²) in [6, 6.07) is 0. The van der Waals surface area contributed by atoms with Crippen molar-refractivity contribution in [3.63, 3.8) is 0 Å². The predicted molar refractivity (Wildman–Crippen MR) is 58.8 cm³/mol. The Hall–Kier alpha value is -1.06. The summed E-state index contributed by atoms with van der Waals surface area (Å²) in [7, 11) is 0. The van der Waals surface area contributed by atoms with E-state index in [1.165, 1.54) is 0 Å². The first kappa shape index (κ1) is 13.0. The molecule has 2 heterocycles. The minimum atomic E-state index is -0.224.